The Hall–Kier alpha value is 0.310. The fourth-order valence-electron chi connectivity index (χ4n) is 0.344. The molecular weight excluding hydrogens is 118 g/mol. The number of rotatable bonds is 3. The maximum Gasteiger partial charge on any atom is 0.0102 e. The van der Waals surface area contributed by atoms with Crippen LogP contribution in [0.1, 0.15) is 20.8 Å². The average Bonchev–Trinajstić information content (AvgIpc) is 1.61. The van der Waals surface area contributed by atoms with Gasteiger partial charge < -0.3 is 5.73 Å². The Balaban J connectivity index is 2.93. The molecule has 50 valence electrons. The maximum atomic E-state index is 5.52. The van der Waals surface area contributed by atoms with Crippen LogP contribution in [0, 0.1) is 0 Å². The molecule has 0 saturated carbocycles. The van der Waals surface area contributed by atoms with Crippen LogP contribution in [0.25, 0.3) is 0 Å². The van der Waals surface area contributed by atoms with Crippen molar-refractivity contribution in [2.45, 2.75) is 32.1 Å². The van der Waals surface area contributed by atoms with Crippen molar-refractivity contribution in [3.63, 3.8) is 0 Å². The van der Waals surface area contributed by atoms with E-state index in [1.165, 1.54) is 0 Å². The summed E-state index contributed by atoms with van der Waals surface area (Å²) in [4.78, 5) is 0. The Morgan fingerprint density at radius 1 is 1.38 bits per heavy atom. The molecule has 0 aliphatic rings. The molecule has 2 heteroatoms. The molecule has 0 heterocycles. The third-order valence-corrected chi connectivity index (χ3v) is 2.08. The lowest BCUT2D eigenvalue weighted by molar-refractivity contribution is 0.844. The van der Waals surface area contributed by atoms with Crippen LogP contribution < -0.4 is 5.73 Å². The van der Waals surface area contributed by atoms with Crippen molar-refractivity contribution in [2.24, 2.45) is 5.73 Å². The number of nitrogens with two attached hydrogens (primary N) is 1. The van der Waals surface area contributed by atoms with E-state index in [9.17, 15) is 0 Å². The normalized spacial score (nSPS) is 14.6. The van der Waals surface area contributed by atoms with Crippen molar-refractivity contribution in [1.82, 2.24) is 0 Å². The van der Waals surface area contributed by atoms with Crippen molar-refractivity contribution in [3.8, 4) is 0 Å². The van der Waals surface area contributed by atoms with Crippen molar-refractivity contribution < 1.29 is 0 Å². The molecule has 0 aromatic rings. The number of thioether (sulfide) groups is 1. The minimum Gasteiger partial charge on any atom is -0.327 e. The van der Waals surface area contributed by atoms with Gasteiger partial charge in [-0.1, -0.05) is 13.8 Å². The van der Waals surface area contributed by atoms with Crippen LogP contribution in [0.15, 0.2) is 0 Å². The van der Waals surface area contributed by atoms with Crippen LogP contribution in [0.3, 0.4) is 0 Å². The molecule has 0 aliphatic heterocycles. The van der Waals surface area contributed by atoms with Gasteiger partial charge in [0.15, 0.2) is 0 Å². The third kappa shape index (κ3) is 6.31. The summed E-state index contributed by atoms with van der Waals surface area (Å²) in [5.41, 5.74) is 5.52. The van der Waals surface area contributed by atoms with Crippen LogP contribution in [0.5, 0.6) is 0 Å². The molecule has 0 radical (unpaired) electrons. The fraction of sp³-hybridized carbons (Fsp3) is 1.00. The summed E-state index contributed by atoms with van der Waals surface area (Å²) in [6.07, 6.45) is 0. The zero-order chi connectivity index (χ0) is 6.57. The molecule has 0 bridgehead atoms. The molecule has 0 amide bonds. The predicted molar refractivity (Wildman–Crippen MR) is 41.2 cm³/mol. The van der Waals surface area contributed by atoms with E-state index in [0.717, 1.165) is 11.0 Å². The van der Waals surface area contributed by atoms with Crippen molar-refractivity contribution in [1.29, 1.82) is 0 Å². The van der Waals surface area contributed by atoms with Crippen LogP contribution in [0.2, 0.25) is 0 Å². The van der Waals surface area contributed by atoms with Gasteiger partial charge in [-0.05, 0) is 12.2 Å². The Morgan fingerprint density at radius 2 is 1.88 bits per heavy atom. The van der Waals surface area contributed by atoms with Gasteiger partial charge in [-0.3, -0.25) is 0 Å². The van der Waals surface area contributed by atoms with Crippen LogP contribution in [-0.2, 0) is 0 Å². The standard InChI is InChI=1S/C6H15NS/c1-5(2)8-4-6(3)7/h5-6H,4,7H2,1-3H3/t6-/m1/s1. The minimum absolute atomic E-state index is 0.349. The van der Waals surface area contributed by atoms with Gasteiger partial charge in [0.05, 0.1) is 0 Å². The van der Waals surface area contributed by atoms with E-state index < -0.39 is 0 Å². The molecule has 0 rings (SSSR count). The molecule has 0 aromatic carbocycles. The van der Waals surface area contributed by atoms with Gasteiger partial charge >= 0.3 is 0 Å². The number of hydrogen-bond donors (Lipinski definition) is 1. The Bertz CT molecular complexity index is 44.5. The van der Waals surface area contributed by atoms with E-state index in [4.69, 9.17) is 5.73 Å². The van der Waals surface area contributed by atoms with E-state index in [1.807, 2.05) is 18.7 Å². The van der Waals surface area contributed by atoms with Crippen LogP contribution >= 0.6 is 11.8 Å². The highest BCUT2D eigenvalue weighted by molar-refractivity contribution is 7.99. The predicted octanol–water partition coefficient (Wildman–Crippen LogP) is 1.48. The first-order valence-electron chi connectivity index (χ1n) is 3.00. The Morgan fingerprint density at radius 3 is 2.00 bits per heavy atom. The van der Waals surface area contributed by atoms with E-state index in [1.54, 1.807) is 0 Å². The lowest BCUT2D eigenvalue weighted by Gasteiger charge is -2.05. The van der Waals surface area contributed by atoms with Crippen molar-refractivity contribution >= 4 is 11.8 Å². The molecule has 1 atom stereocenters. The monoisotopic (exact) mass is 133 g/mol. The van der Waals surface area contributed by atoms with Gasteiger partial charge in [0.1, 0.15) is 0 Å². The van der Waals surface area contributed by atoms with Crippen LogP contribution in [-0.4, -0.2) is 17.0 Å². The lowest BCUT2D eigenvalue weighted by atomic mass is 10.4. The molecular formula is C6H15NS. The first kappa shape index (κ1) is 8.31. The van der Waals surface area contributed by atoms with Crippen molar-refractivity contribution in [3.05, 3.63) is 0 Å². The second-order valence-corrected chi connectivity index (χ2v) is 3.97. The van der Waals surface area contributed by atoms with Gasteiger partial charge in [-0.2, -0.15) is 11.8 Å². The van der Waals surface area contributed by atoms with E-state index >= 15 is 0 Å². The molecule has 0 aliphatic carbocycles. The molecule has 1 nitrogen and oxygen atoms in total. The first-order valence-corrected chi connectivity index (χ1v) is 4.05. The highest BCUT2D eigenvalue weighted by atomic mass is 32.2. The second kappa shape index (κ2) is 4.21. The highest BCUT2D eigenvalue weighted by Crippen LogP contribution is 2.08. The first-order chi connectivity index (χ1) is 3.63. The quantitative estimate of drug-likeness (QED) is 0.631. The summed E-state index contributed by atoms with van der Waals surface area (Å²) >= 11 is 1.91. The summed E-state index contributed by atoms with van der Waals surface area (Å²) in [6.45, 7) is 6.41. The minimum atomic E-state index is 0.349. The van der Waals surface area contributed by atoms with Gasteiger partial charge in [0, 0.05) is 11.8 Å². The molecule has 2 N–H and O–H groups in total. The zero-order valence-electron chi connectivity index (χ0n) is 5.85. The van der Waals surface area contributed by atoms with Crippen LogP contribution in [0.4, 0.5) is 0 Å². The molecule has 0 saturated heterocycles. The van der Waals surface area contributed by atoms with E-state index in [0.29, 0.717) is 6.04 Å². The summed E-state index contributed by atoms with van der Waals surface area (Å²) in [5, 5.41) is 0.723. The third-order valence-electron chi connectivity index (χ3n) is 0.692. The topological polar surface area (TPSA) is 26.0 Å². The molecule has 0 unspecified atom stereocenters. The number of hydrogen-bond acceptors (Lipinski definition) is 2. The van der Waals surface area contributed by atoms with E-state index in [-0.39, 0.29) is 0 Å². The average molecular weight is 133 g/mol. The van der Waals surface area contributed by atoms with E-state index in [2.05, 4.69) is 13.8 Å². The maximum absolute atomic E-state index is 5.52. The van der Waals surface area contributed by atoms with Gasteiger partial charge in [0.25, 0.3) is 0 Å². The molecule has 0 fully saturated rings. The SMILES string of the molecule is CC(C)SC[C@@H](C)N. The van der Waals surface area contributed by atoms with Gasteiger partial charge in [-0.25, -0.2) is 0 Å². The summed E-state index contributed by atoms with van der Waals surface area (Å²) in [6, 6.07) is 0.349. The summed E-state index contributed by atoms with van der Waals surface area (Å²) < 4.78 is 0. The molecule has 0 spiro atoms. The summed E-state index contributed by atoms with van der Waals surface area (Å²) in [7, 11) is 0. The molecule has 0 aromatic heterocycles. The smallest absolute Gasteiger partial charge is 0.0102 e. The Kier molecular flexibility index (Phi) is 4.38. The summed E-state index contributed by atoms with van der Waals surface area (Å²) in [5.74, 6) is 1.08. The Labute approximate surface area is 56.0 Å². The van der Waals surface area contributed by atoms with Gasteiger partial charge in [-0.15, -0.1) is 0 Å². The van der Waals surface area contributed by atoms with Gasteiger partial charge in [0.2, 0.25) is 0 Å². The highest BCUT2D eigenvalue weighted by Gasteiger charge is 1.95. The zero-order valence-corrected chi connectivity index (χ0v) is 6.66. The second-order valence-electron chi connectivity index (χ2n) is 2.36. The largest absolute Gasteiger partial charge is 0.327 e. The molecule has 8 heavy (non-hydrogen) atoms. The fourth-order valence-corrected chi connectivity index (χ4v) is 1.03. The van der Waals surface area contributed by atoms with Crippen molar-refractivity contribution in [2.75, 3.05) is 5.75 Å². The lowest BCUT2D eigenvalue weighted by Crippen LogP contribution is -2.18.